The van der Waals surface area contributed by atoms with Crippen molar-refractivity contribution < 1.29 is 18.7 Å². The highest BCUT2D eigenvalue weighted by molar-refractivity contribution is 5.93. The van der Waals surface area contributed by atoms with E-state index in [0.717, 1.165) is 38.8 Å². The maximum Gasteiger partial charge on any atom is 0.315 e. The molecule has 0 aromatic carbocycles. The lowest BCUT2D eigenvalue weighted by molar-refractivity contribution is 0.0688. The highest BCUT2D eigenvalue weighted by Crippen LogP contribution is 2.18. The smallest absolute Gasteiger partial charge is 0.315 e. The van der Waals surface area contributed by atoms with E-state index in [2.05, 4.69) is 10.6 Å². The summed E-state index contributed by atoms with van der Waals surface area (Å²) in [6.45, 7) is 3.53. The van der Waals surface area contributed by atoms with Gasteiger partial charge in [0.05, 0.1) is 11.8 Å². The van der Waals surface area contributed by atoms with Crippen LogP contribution in [0, 0.1) is 5.92 Å². The number of furan rings is 1. The van der Waals surface area contributed by atoms with Crippen LogP contribution in [0.4, 0.5) is 4.79 Å². The van der Waals surface area contributed by atoms with E-state index in [1.54, 1.807) is 6.07 Å². The number of nitrogens with zero attached hydrogens (tertiary/aromatic N) is 1. The highest BCUT2D eigenvalue weighted by atomic mass is 16.5. The zero-order chi connectivity index (χ0) is 16.8. The molecule has 1 aromatic heterocycles. The summed E-state index contributed by atoms with van der Waals surface area (Å²) in [5, 5.41) is 5.96. The van der Waals surface area contributed by atoms with Gasteiger partial charge in [-0.25, -0.2) is 4.79 Å². The standard InChI is InChI=1S/C17H25N3O4/c21-16(14-3-8-24-12-14)20-6-1-13(2-7-20)11-18-17(22)19-15-4-9-23-10-5-15/h3,8,12-13,15H,1-2,4-7,9-11H2,(H2,18,19,22). The average molecular weight is 335 g/mol. The van der Waals surface area contributed by atoms with Crippen LogP contribution in [-0.4, -0.2) is 55.7 Å². The molecule has 0 saturated carbocycles. The second kappa shape index (κ2) is 8.19. The van der Waals surface area contributed by atoms with E-state index < -0.39 is 0 Å². The number of ether oxygens (including phenoxy) is 1. The SMILES string of the molecule is O=C(NCC1CCN(C(=O)c2ccoc2)CC1)NC1CCOCC1. The monoisotopic (exact) mass is 335 g/mol. The van der Waals surface area contributed by atoms with Gasteiger partial charge in [-0.2, -0.15) is 0 Å². The van der Waals surface area contributed by atoms with E-state index in [0.29, 0.717) is 31.2 Å². The van der Waals surface area contributed by atoms with Gasteiger partial charge < -0.3 is 24.7 Å². The first-order chi connectivity index (χ1) is 11.7. The van der Waals surface area contributed by atoms with Crippen molar-refractivity contribution in [2.24, 2.45) is 5.92 Å². The largest absolute Gasteiger partial charge is 0.472 e. The molecule has 0 radical (unpaired) electrons. The lowest BCUT2D eigenvalue weighted by Crippen LogP contribution is -2.47. The Bertz CT molecular complexity index is 532. The normalized spacial score (nSPS) is 19.9. The van der Waals surface area contributed by atoms with E-state index in [1.165, 1.54) is 12.5 Å². The number of carbonyl (C=O) groups is 2. The van der Waals surface area contributed by atoms with E-state index in [4.69, 9.17) is 9.15 Å². The third-order valence-electron chi connectivity index (χ3n) is 4.78. The Morgan fingerprint density at radius 2 is 1.92 bits per heavy atom. The molecule has 0 unspecified atom stereocenters. The van der Waals surface area contributed by atoms with Gasteiger partial charge in [-0.05, 0) is 37.7 Å². The molecule has 3 heterocycles. The van der Waals surface area contributed by atoms with Gasteiger partial charge in [-0.3, -0.25) is 4.79 Å². The Morgan fingerprint density at radius 1 is 1.17 bits per heavy atom. The van der Waals surface area contributed by atoms with Crippen LogP contribution in [-0.2, 0) is 4.74 Å². The molecular weight excluding hydrogens is 310 g/mol. The van der Waals surface area contributed by atoms with E-state index in [9.17, 15) is 9.59 Å². The molecule has 2 saturated heterocycles. The minimum atomic E-state index is -0.0983. The second-order valence-corrected chi connectivity index (χ2v) is 6.49. The molecule has 2 aliphatic heterocycles. The van der Waals surface area contributed by atoms with Crippen molar-refractivity contribution >= 4 is 11.9 Å². The van der Waals surface area contributed by atoms with Gasteiger partial charge >= 0.3 is 6.03 Å². The summed E-state index contributed by atoms with van der Waals surface area (Å²) in [6.07, 6.45) is 6.56. The van der Waals surface area contributed by atoms with E-state index >= 15 is 0 Å². The molecule has 0 atom stereocenters. The van der Waals surface area contributed by atoms with Gasteiger partial charge in [0.1, 0.15) is 6.26 Å². The fourth-order valence-electron chi connectivity index (χ4n) is 3.22. The van der Waals surface area contributed by atoms with Gasteiger partial charge in [0.2, 0.25) is 0 Å². The molecule has 0 spiro atoms. The lowest BCUT2D eigenvalue weighted by Gasteiger charge is -2.32. The lowest BCUT2D eigenvalue weighted by atomic mass is 9.96. The number of carbonyl (C=O) groups excluding carboxylic acids is 2. The number of likely N-dealkylation sites (tertiary alicyclic amines) is 1. The topological polar surface area (TPSA) is 83.8 Å². The summed E-state index contributed by atoms with van der Waals surface area (Å²) in [5.74, 6) is 0.436. The first-order valence-corrected chi connectivity index (χ1v) is 8.66. The summed E-state index contributed by atoms with van der Waals surface area (Å²) in [5.41, 5.74) is 0.599. The summed E-state index contributed by atoms with van der Waals surface area (Å²) < 4.78 is 10.2. The van der Waals surface area contributed by atoms with Gasteiger partial charge in [0, 0.05) is 38.9 Å². The molecule has 3 amide bonds. The molecular formula is C17H25N3O4. The van der Waals surface area contributed by atoms with Crippen molar-refractivity contribution in [1.29, 1.82) is 0 Å². The van der Waals surface area contributed by atoms with Crippen LogP contribution >= 0.6 is 0 Å². The molecule has 1 aromatic rings. The van der Waals surface area contributed by atoms with Crippen molar-refractivity contribution in [3.05, 3.63) is 24.2 Å². The number of nitrogens with one attached hydrogen (secondary N) is 2. The third kappa shape index (κ3) is 4.50. The fraction of sp³-hybridized carbons (Fsp3) is 0.647. The molecule has 0 aliphatic carbocycles. The Kier molecular flexibility index (Phi) is 5.74. The van der Waals surface area contributed by atoms with Crippen LogP contribution in [0.15, 0.2) is 23.0 Å². The van der Waals surface area contributed by atoms with Crippen LogP contribution in [0.5, 0.6) is 0 Å². The van der Waals surface area contributed by atoms with Crippen molar-refractivity contribution in [1.82, 2.24) is 15.5 Å². The van der Waals surface area contributed by atoms with Gasteiger partial charge in [-0.1, -0.05) is 0 Å². The Labute approximate surface area is 141 Å². The molecule has 132 valence electrons. The van der Waals surface area contributed by atoms with Gasteiger partial charge in [-0.15, -0.1) is 0 Å². The second-order valence-electron chi connectivity index (χ2n) is 6.49. The van der Waals surface area contributed by atoms with Crippen LogP contribution in [0.3, 0.4) is 0 Å². The Morgan fingerprint density at radius 3 is 2.58 bits per heavy atom. The maximum atomic E-state index is 12.2. The molecule has 2 N–H and O–H groups in total. The molecule has 0 bridgehead atoms. The Balaban J connectivity index is 1.35. The quantitative estimate of drug-likeness (QED) is 0.875. The minimum absolute atomic E-state index is 0.0208. The predicted molar refractivity (Wildman–Crippen MR) is 87.7 cm³/mol. The molecule has 7 heteroatoms. The van der Waals surface area contributed by atoms with Crippen molar-refractivity contribution in [2.75, 3.05) is 32.8 Å². The van der Waals surface area contributed by atoms with Crippen LogP contribution in [0.1, 0.15) is 36.0 Å². The van der Waals surface area contributed by atoms with Crippen molar-refractivity contribution in [2.45, 2.75) is 31.7 Å². The zero-order valence-electron chi connectivity index (χ0n) is 13.8. The van der Waals surface area contributed by atoms with Crippen LogP contribution in [0.25, 0.3) is 0 Å². The maximum absolute atomic E-state index is 12.2. The first kappa shape index (κ1) is 16.8. The first-order valence-electron chi connectivity index (χ1n) is 8.66. The number of piperidine rings is 1. The number of rotatable bonds is 4. The van der Waals surface area contributed by atoms with Gasteiger partial charge in [0.15, 0.2) is 0 Å². The highest BCUT2D eigenvalue weighted by Gasteiger charge is 2.24. The number of urea groups is 1. The number of amides is 3. The molecule has 7 nitrogen and oxygen atoms in total. The average Bonchev–Trinajstić information content (AvgIpc) is 3.15. The molecule has 24 heavy (non-hydrogen) atoms. The van der Waals surface area contributed by atoms with Crippen LogP contribution in [0.2, 0.25) is 0 Å². The summed E-state index contributed by atoms with van der Waals surface area (Å²) in [6, 6.07) is 1.81. The minimum Gasteiger partial charge on any atom is -0.472 e. The number of hydrogen-bond acceptors (Lipinski definition) is 4. The van der Waals surface area contributed by atoms with Crippen LogP contribution < -0.4 is 10.6 Å². The predicted octanol–water partition coefficient (Wildman–Crippen LogP) is 1.61. The van der Waals surface area contributed by atoms with Crippen molar-refractivity contribution in [3.63, 3.8) is 0 Å². The fourth-order valence-corrected chi connectivity index (χ4v) is 3.22. The third-order valence-corrected chi connectivity index (χ3v) is 4.78. The van der Waals surface area contributed by atoms with E-state index in [1.807, 2.05) is 4.90 Å². The summed E-state index contributed by atoms with van der Waals surface area (Å²) in [4.78, 5) is 26.0. The molecule has 3 rings (SSSR count). The zero-order valence-corrected chi connectivity index (χ0v) is 13.8. The van der Waals surface area contributed by atoms with Crippen molar-refractivity contribution in [3.8, 4) is 0 Å². The summed E-state index contributed by atoms with van der Waals surface area (Å²) >= 11 is 0. The molecule has 2 fully saturated rings. The Hall–Kier alpha value is -2.02. The number of hydrogen-bond donors (Lipinski definition) is 2. The summed E-state index contributed by atoms with van der Waals surface area (Å²) in [7, 11) is 0. The van der Waals surface area contributed by atoms with E-state index in [-0.39, 0.29) is 18.0 Å². The van der Waals surface area contributed by atoms with Gasteiger partial charge in [0.25, 0.3) is 5.91 Å². The molecule has 2 aliphatic rings.